The molecule has 0 amide bonds. The van der Waals surface area contributed by atoms with Gasteiger partial charge < -0.3 is 0 Å². The quantitative estimate of drug-likeness (QED) is 0.650. The van der Waals surface area contributed by atoms with E-state index in [-0.39, 0.29) is 5.78 Å². The lowest BCUT2D eigenvalue weighted by Gasteiger charge is -1.95. The van der Waals surface area contributed by atoms with Gasteiger partial charge in [-0.15, -0.1) is 10.2 Å². The van der Waals surface area contributed by atoms with Gasteiger partial charge in [0.15, 0.2) is 11.4 Å². The highest BCUT2D eigenvalue weighted by Crippen LogP contribution is 2.11. The summed E-state index contributed by atoms with van der Waals surface area (Å²) >= 11 is 5.76. The van der Waals surface area contributed by atoms with Crippen molar-refractivity contribution in [2.45, 2.75) is 6.92 Å². The zero-order valence-corrected chi connectivity index (χ0v) is 7.62. The Bertz CT molecular complexity index is 477. The Morgan fingerprint density at radius 1 is 1.46 bits per heavy atom. The summed E-state index contributed by atoms with van der Waals surface area (Å²) in [5.74, 6) is 0.173. The molecule has 5 heteroatoms. The summed E-state index contributed by atoms with van der Waals surface area (Å²) in [7, 11) is 0. The highest BCUT2D eigenvalue weighted by molar-refractivity contribution is 6.30. The molecule has 0 aliphatic heterocycles. The third kappa shape index (κ3) is 1.29. The van der Waals surface area contributed by atoms with Gasteiger partial charge in [0.1, 0.15) is 0 Å². The third-order valence-corrected chi connectivity index (χ3v) is 1.90. The highest BCUT2D eigenvalue weighted by atomic mass is 35.5. The number of carbonyl (C=O) groups is 1. The highest BCUT2D eigenvalue weighted by Gasteiger charge is 2.08. The van der Waals surface area contributed by atoms with E-state index in [0.717, 1.165) is 0 Å². The van der Waals surface area contributed by atoms with Crippen molar-refractivity contribution >= 4 is 23.0 Å². The largest absolute Gasteiger partial charge is 0.291 e. The molecule has 0 N–H and O–H groups in total. The second-order valence-electron chi connectivity index (χ2n) is 2.66. The van der Waals surface area contributed by atoms with Gasteiger partial charge >= 0.3 is 0 Å². The molecule has 4 nitrogen and oxygen atoms in total. The monoisotopic (exact) mass is 195 g/mol. The van der Waals surface area contributed by atoms with E-state index < -0.39 is 0 Å². The van der Waals surface area contributed by atoms with Crippen molar-refractivity contribution in [2.75, 3.05) is 0 Å². The standard InChI is InChI=1S/C8H6ClN3O/c1-5(13)8-11-10-7-3-2-6(9)4-12(7)8/h2-4H,1H3. The van der Waals surface area contributed by atoms with Gasteiger partial charge in [0, 0.05) is 13.1 Å². The van der Waals surface area contributed by atoms with Crippen LogP contribution >= 0.6 is 11.6 Å². The topological polar surface area (TPSA) is 47.3 Å². The first-order valence-corrected chi connectivity index (χ1v) is 4.07. The summed E-state index contributed by atoms with van der Waals surface area (Å²) in [6.45, 7) is 1.44. The Morgan fingerprint density at radius 3 is 2.92 bits per heavy atom. The number of hydrogen-bond donors (Lipinski definition) is 0. The van der Waals surface area contributed by atoms with Crippen LogP contribution in [0, 0.1) is 0 Å². The predicted octanol–water partition coefficient (Wildman–Crippen LogP) is 1.59. The van der Waals surface area contributed by atoms with Gasteiger partial charge in [-0.1, -0.05) is 11.6 Å². The van der Waals surface area contributed by atoms with Crippen molar-refractivity contribution in [3.05, 3.63) is 29.2 Å². The molecule has 0 atom stereocenters. The zero-order valence-electron chi connectivity index (χ0n) is 6.86. The summed E-state index contributed by atoms with van der Waals surface area (Å²) in [6.07, 6.45) is 1.62. The molecule has 13 heavy (non-hydrogen) atoms. The van der Waals surface area contributed by atoms with Gasteiger partial charge in [-0.2, -0.15) is 0 Å². The minimum absolute atomic E-state index is 0.130. The predicted molar refractivity (Wildman–Crippen MR) is 48.0 cm³/mol. The van der Waals surface area contributed by atoms with Crippen LogP contribution < -0.4 is 0 Å². The molecule has 2 rings (SSSR count). The molecule has 66 valence electrons. The molecule has 0 aliphatic carbocycles. The number of pyridine rings is 1. The SMILES string of the molecule is CC(=O)c1nnc2ccc(Cl)cn12. The van der Waals surface area contributed by atoms with Crippen LogP contribution in [0.1, 0.15) is 17.5 Å². The van der Waals surface area contributed by atoms with Crippen LogP contribution in [0.5, 0.6) is 0 Å². The third-order valence-electron chi connectivity index (χ3n) is 1.68. The smallest absolute Gasteiger partial charge is 0.204 e. The van der Waals surface area contributed by atoms with Crippen molar-refractivity contribution in [2.24, 2.45) is 0 Å². The number of ketones is 1. The molecule has 0 aliphatic rings. The lowest BCUT2D eigenvalue weighted by Crippen LogP contribution is -1.99. The second kappa shape index (κ2) is 2.81. The van der Waals surface area contributed by atoms with Crippen molar-refractivity contribution in [3.63, 3.8) is 0 Å². The van der Waals surface area contributed by atoms with E-state index in [2.05, 4.69) is 10.2 Å². The maximum atomic E-state index is 11.1. The molecule has 0 saturated heterocycles. The first-order chi connectivity index (χ1) is 6.18. The molecule has 0 aromatic carbocycles. The zero-order chi connectivity index (χ0) is 9.42. The Morgan fingerprint density at radius 2 is 2.23 bits per heavy atom. The Balaban J connectivity index is 2.79. The van der Waals surface area contributed by atoms with Crippen LogP contribution in [0.4, 0.5) is 0 Å². The molecule has 0 unspecified atom stereocenters. The number of carbonyl (C=O) groups excluding carboxylic acids is 1. The van der Waals surface area contributed by atoms with Gasteiger partial charge in [-0.25, -0.2) is 0 Å². The summed E-state index contributed by atoms with van der Waals surface area (Å²) < 4.78 is 1.57. The molecular formula is C8H6ClN3O. The van der Waals surface area contributed by atoms with E-state index in [1.165, 1.54) is 6.92 Å². The molecule has 2 aromatic rings. The molecule has 0 bridgehead atoms. The molecule has 2 aromatic heterocycles. The van der Waals surface area contributed by atoms with E-state index in [1.807, 2.05) is 0 Å². The van der Waals surface area contributed by atoms with Gasteiger partial charge in [0.25, 0.3) is 0 Å². The van der Waals surface area contributed by atoms with E-state index >= 15 is 0 Å². The number of Topliss-reactive ketones (excluding diaryl/α,β-unsaturated/α-hetero) is 1. The van der Waals surface area contributed by atoms with Crippen LogP contribution in [0.2, 0.25) is 5.02 Å². The van der Waals surface area contributed by atoms with E-state index in [4.69, 9.17) is 11.6 Å². The molecule has 0 spiro atoms. The van der Waals surface area contributed by atoms with E-state index in [1.54, 1.807) is 22.7 Å². The van der Waals surface area contributed by atoms with Gasteiger partial charge in [0.05, 0.1) is 5.02 Å². The minimum atomic E-state index is -0.130. The molecule has 0 saturated carbocycles. The van der Waals surface area contributed by atoms with Gasteiger partial charge in [-0.3, -0.25) is 9.20 Å². The first-order valence-electron chi connectivity index (χ1n) is 3.70. The van der Waals surface area contributed by atoms with Crippen LogP contribution in [-0.4, -0.2) is 20.4 Å². The van der Waals surface area contributed by atoms with E-state index in [0.29, 0.717) is 16.5 Å². The Hall–Kier alpha value is -1.42. The minimum Gasteiger partial charge on any atom is -0.291 e. The number of nitrogens with zero attached hydrogens (tertiary/aromatic N) is 3. The number of halogens is 1. The van der Waals surface area contributed by atoms with Crippen LogP contribution in [0.15, 0.2) is 18.3 Å². The number of aromatic nitrogens is 3. The summed E-state index contributed by atoms with van der Waals surface area (Å²) in [4.78, 5) is 11.1. The van der Waals surface area contributed by atoms with Crippen molar-refractivity contribution in [1.29, 1.82) is 0 Å². The van der Waals surface area contributed by atoms with Crippen LogP contribution in [0.25, 0.3) is 5.65 Å². The Kier molecular flexibility index (Phi) is 1.77. The van der Waals surface area contributed by atoms with E-state index in [9.17, 15) is 4.79 Å². The maximum absolute atomic E-state index is 11.1. The average molecular weight is 196 g/mol. The number of hydrogen-bond acceptors (Lipinski definition) is 3. The normalized spacial score (nSPS) is 10.6. The Labute approximate surface area is 79.2 Å². The molecular weight excluding hydrogens is 190 g/mol. The fourth-order valence-corrected chi connectivity index (χ4v) is 1.27. The molecule has 0 radical (unpaired) electrons. The fourth-order valence-electron chi connectivity index (χ4n) is 1.10. The fraction of sp³-hybridized carbons (Fsp3) is 0.125. The van der Waals surface area contributed by atoms with Crippen LogP contribution in [-0.2, 0) is 0 Å². The van der Waals surface area contributed by atoms with Crippen molar-refractivity contribution in [3.8, 4) is 0 Å². The van der Waals surface area contributed by atoms with Crippen LogP contribution in [0.3, 0.4) is 0 Å². The number of rotatable bonds is 1. The summed E-state index contributed by atoms with van der Waals surface area (Å²) in [5, 5.41) is 8.11. The second-order valence-corrected chi connectivity index (χ2v) is 3.09. The lowest BCUT2D eigenvalue weighted by atomic mass is 10.4. The maximum Gasteiger partial charge on any atom is 0.204 e. The average Bonchev–Trinajstić information content (AvgIpc) is 2.46. The van der Waals surface area contributed by atoms with Gasteiger partial charge in [-0.05, 0) is 12.1 Å². The van der Waals surface area contributed by atoms with Gasteiger partial charge in [0.2, 0.25) is 5.82 Å². The summed E-state index contributed by atoms with van der Waals surface area (Å²) in [6, 6.07) is 3.41. The summed E-state index contributed by atoms with van der Waals surface area (Å²) in [5.41, 5.74) is 0.620. The first kappa shape index (κ1) is 8.19. The number of fused-ring (bicyclic) bond motifs is 1. The van der Waals surface area contributed by atoms with Crippen molar-refractivity contribution < 1.29 is 4.79 Å². The van der Waals surface area contributed by atoms with Crippen molar-refractivity contribution in [1.82, 2.24) is 14.6 Å². The molecule has 0 fully saturated rings. The lowest BCUT2D eigenvalue weighted by molar-refractivity contribution is 0.100. The molecule has 2 heterocycles.